The van der Waals surface area contributed by atoms with Gasteiger partial charge in [-0.15, -0.1) is 0 Å². The van der Waals surface area contributed by atoms with Crippen molar-refractivity contribution in [1.29, 1.82) is 0 Å². The van der Waals surface area contributed by atoms with E-state index in [0.717, 1.165) is 0 Å². The van der Waals surface area contributed by atoms with Gasteiger partial charge in [0.2, 0.25) is 17.8 Å². The number of carbonyl (C=O) groups is 3. The molecule has 0 aliphatic rings. The van der Waals surface area contributed by atoms with Crippen LogP contribution in [-0.4, -0.2) is 74.2 Å². The molecule has 0 bridgehead atoms. The molecule has 0 atom stereocenters. The first kappa shape index (κ1) is 29.5. The molecule has 1 heterocycles. The summed E-state index contributed by atoms with van der Waals surface area (Å²) in [4.78, 5) is 55.3. The van der Waals surface area contributed by atoms with Gasteiger partial charge in [-0.3, -0.25) is 0 Å². The van der Waals surface area contributed by atoms with Gasteiger partial charge in [0, 0.05) is 21.1 Å². The van der Waals surface area contributed by atoms with Gasteiger partial charge in [-0.1, -0.05) is 54.6 Å². The Labute approximate surface area is 243 Å². The molecule has 0 amide bonds. The normalized spacial score (nSPS) is 10.4. The highest BCUT2D eigenvalue weighted by atomic mass is 16.6. The van der Waals surface area contributed by atoms with Gasteiger partial charge in [-0.05, 0) is 36.4 Å². The van der Waals surface area contributed by atoms with E-state index < -0.39 is 17.9 Å². The highest BCUT2D eigenvalue weighted by molar-refractivity contribution is 5.90. The molecule has 12 heteroatoms. The molecule has 0 unspecified atom stereocenters. The number of nitrogens with zero attached hydrogens (tertiary/aromatic N) is 6. The first-order valence-electron chi connectivity index (χ1n) is 12.9. The zero-order valence-corrected chi connectivity index (χ0v) is 23.4. The van der Waals surface area contributed by atoms with Crippen molar-refractivity contribution in [2.45, 2.75) is 0 Å². The molecule has 216 valence electrons. The van der Waals surface area contributed by atoms with E-state index in [9.17, 15) is 14.4 Å². The molecule has 0 fully saturated rings. The summed E-state index contributed by atoms with van der Waals surface area (Å²) in [6.07, 6.45) is 0. The van der Waals surface area contributed by atoms with E-state index in [1.165, 1.54) is 14.7 Å². The van der Waals surface area contributed by atoms with Crippen LogP contribution < -0.4 is 14.7 Å². The Morgan fingerprint density at radius 2 is 0.714 bits per heavy atom. The summed E-state index contributed by atoms with van der Waals surface area (Å²) >= 11 is 0. The van der Waals surface area contributed by atoms with Crippen LogP contribution in [0, 0.1) is 0 Å². The minimum Gasteiger partial charge on any atom is -0.441 e. The van der Waals surface area contributed by atoms with E-state index in [-0.39, 0.29) is 38.0 Å². The molecule has 0 aliphatic heterocycles. The summed E-state index contributed by atoms with van der Waals surface area (Å²) in [7, 11) is 4.93. The summed E-state index contributed by atoms with van der Waals surface area (Å²) < 4.78 is 16.3. The Morgan fingerprint density at radius 3 is 0.952 bits per heavy atom. The van der Waals surface area contributed by atoms with Crippen molar-refractivity contribution in [2.24, 2.45) is 0 Å². The van der Waals surface area contributed by atoms with Crippen molar-refractivity contribution < 1.29 is 28.6 Å². The average molecular weight is 571 g/mol. The zero-order valence-electron chi connectivity index (χ0n) is 23.4. The van der Waals surface area contributed by atoms with Crippen molar-refractivity contribution in [1.82, 2.24) is 15.0 Å². The maximum atomic E-state index is 12.4. The minimum absolute atomic E-state index is 0.157. The third kappa shape index (κ3) is 8.01. The molecule has 42 heavy (non-hydrogen) atoms. The van der Waals surface area contributed by atoms with Crippen molar-refractivity contribution in [3.05, 3.63) is 108 Å². The number of benzene rings is 3. The molecule has 0 radical (unpaired) electrons. The summed E-state index contributed by atoms with van der Waals surface area (Å²) in [5, 5.41) is 0. The van der Waals surface area contributed by atoms with E-state index >= 15 is 0 Å². The van der Waals surface area contributed by atoms with Gasteiger partial charge in [-0.2, -0.15) is 15.0 Å². The Balaban J connectivity index is 1.49. The van der Waals surface area contributed by atoms with Crippen molar-refractivity contribution in [3.8, 4) is 0 Å². The molecule has 1 aromatic heterocycles. The SMILES string of the molecule is CN(COC(=O)c1ccccc1)c1nc(N(C)COC(=O)c2ccccc2)nc(N(C)COC(=O)c2ccccc2)n1. The molecule has 0 aliphatic carbocycles. The smallest absolute Gasteiger partial charge is 0.339 e. The van der Waals surface area contributed by atoms with Crippen molar-refractivity contribution in [3.63, 3.8) is 0 Å². The fourth-order valence-electron chi connectivity index (χ4n) is 3.47. The first-order valence-corrected chi connectivity index (χ1v) is 12.9. The maximum absolute atomic E-state index is 12.4. The van der Waals surface area contributed by atoms with E-state index in [4.69, 9.17) is 14.2 Å². The van der Waals surface area contributed by atoms with Crippen LogP contribution in [0.4, 0.5) is 17.8 Å². The number of aromatic nitrogens is 3. The molecule has 3 aromatic carbocycles. The Morgan fingerprint density at radius 1 is 0.476 bits per heavy atom. The predicted octanol–water partition coefficient (Wildman–Crippen LogP) is 3.62. The third-order valence-corrected chi connectivity index (χ3v) is 5.82. The van der Waals surface area contributed by atoms with Crippen LogP contribution in [0.2, 0.25) is 0 Å². The van der Waals surface area contributed by atoms with Crippen LogP contribution in [0.15, 0.2) is 91.0 Å². The number of carbonyl (C=O) groups excluding carboxylic acids is 3. The Kier molecular flexibility index (Phi) is 9.97. The summed E-state index contributed by atoms with van der Waals surface area (Å²) in [6.45, 7) is -0.470. The quantitative estimate of drug-likeness (QED) is 0.140. The monoisotopic (exact) mass is 570 g/mol. The number of hydrogen-bond acceptors (Lipinski definition) is 12. The summed E-state index contributed by atoms with van der Waals surface area (Å²) in [6, 6.07) is 25.8. The number of esters is 3. The molecule has 0 saturated carbocycles. The molecule has 0 N–H and O–H groups in total. The number of ether oxygens (including phenoxy) is 3. The molecule has 0 saturated heterocycles. The number of anilines is 3. The largest absolute Gasteiger partial charge is 0.441 e. The van der Waals surface area contributed by atoms with Gasteiger partial charge in [0.15, 0.2) is 20.2 Å². The molecule has 0 spiro atoms. The van der Waals surface area contributed by atoms with Gasteiger partial charge in [0.25, 0.3) is 0 Å². The topological polar surface area (TPSA) is 127 Å². The second-order valence-corrected chi connectivity index (χ2v) is 9.11. The lowest BCUT2D eigenvalue weighted by atomic mass is 10.2. The summed E-state index contributed by atoms with van der Waals surface area (Å²) in [5.74, 6) is -1.03. The van der Waals surface area contributed by atoms with Crippen LogP contribution in [-0.2, 0) is 14.2 Å². The lowest BCUT2D eigenvalue weighted by Gasteiger charge is -2.24. The second kappa shape index (κ2) is 14.2. The van der Waals surface area contributed by atoms with Crippen molar-refractivity contribution in [2.75, 3.05) is 56.0 Å². The van der Waals surface area contributed by atoms with Crippen LogP contribution >= 0.6 is 0 Å². The zero-order chi connectivity index (χ0) is 29.9. The average Bonchev–Trinajstić information content (AvgIpc) is 3.05. The molecular formula is C30H30N6O6. The molecule has 4 aromatic rings. The highest BCUT2D eigenvalue weighted by Crippen LogP contribution is 2.18. The van der Waals surface area contributed by atoms with Gasteiger partial charge >= 0.3 is 17.9 Å². The minimum atomic E-state index is -0.508. The Bertz CT molecular complexity index is 1300. The number of hydrogen-bond donors (Lipinski definition) is 0. The van der Waals surface area contributed by atoms with Gasteiger partial charge in [0.05, 0.1) is 16.7 Å². The fraction of sp³-hybridized carbons (Fsp3) is 0.200. The van der Waals surface area contributed by atoms with E-state index in [2.05, 4.69) is 15.0 Å². The molecular weight excluding hydrogens is 540 g/mol. The fourth-order valence-corrected chi connectivity index (χ4v) is 3.47. The lowest BCUT2D eigenvalue weighted by Crippen LogP contribution is -2.31. The van der Waals surface area contributed by atoms with E-state index in [1.807, 2.05) is 0 Å². The van der Waals surface area contributed by atoms with Gasteiger partial charge in [-0.25, -0.2) is 14.4 Å². The van der Waals surface area contributed by atoms with E-state index in [1.54, 1.807) is 112 Å². The maximum Gasteiger partial charge on any atom is 0.339 e. The van der Waals surface area contributed by atoms with Crippen LogP contribution in [0.1, 0.15) is 31.1 Å². The van der Waals surface area contributed by atoms with Crippen LogP contribution in [0.3, 0.4) is 0 Å². The second-order valence-electron chi connectivity index (χ2n) is 9.11. The molecule has 4 rings (SSSR count). The third-order valence-electron chi connectivity index (χ3n) is 5.82. The molecule has 12 nitrogen and oxygen atoms in total. The number of rotatable bonds is 12. The summed E-state index contributed by atoms with van der Waals surface area (Å²) in [5.41, 5.74) is 1.22. The van der Waals surface area contributed by atoms with E-state index in [0.29, 0.717) is 16.7 Å². The first-order chi connectivity index (χ1) is 20.3. The van der Waals surface area contributed by atoms with Gasteiger partial charge < -0.3 is 28.9 Å². The standard InChI is InChI=1S/C30H30N6O6/c1-34(19-40-25(37)22-13-7-4-8-14-22)28-31-29(35(2)20-41-26(38)23-15-9-5-10-16-23)33-30(32-28)36(3)21-42-27(39)24-17-11-6-12-18-24/h4-18H,19-21H2,1-3H3. The van der Waals surface area contributed by atoms with Gasteiger partial charge in [0.1, 0.15) is 0 Å². The predicted molar refractivity (Wildman–Crippen MR) is 155 cm³/mol. The lowest BCUT2D eigenvalue weighted by molar-refractivity contribution is 0.0501. The Hall–Kier alpha value is -5.52. The highest BCUT2D eigenvalue weighted by Gasteiger charge is 2.19. The van der Waals surface area contributed by atoms with Crippen LogP contribution in [0.5, 0.6) is 0 Å². The van der Waals surface area contributed by atoms with Crippen molar-refractivity contribution >= 4 is 35.8 Å². The van der Waals surface area contributed by atoms with Crippen LogP contribution in [0.25, 0.3) is 0 Å².